The average molecular weight is 430 g/mol. The number of benzene rings is 1. The predicted molar refractivity (Wildman–Crippen MR) is 119 cm³/mol. The summed E-state index contributed by atoms with van der Waals surface area (Å²) in [5.41, 5.74) is 0.998. The molecule has 4 rings (SSSR count). The van der Waals surface area contributed by atoms with Gasteiger partial charge < -0.3 is 14.7 Å². The Morgan fingerprint density at radius 3 is 2.60 bits per heavy atom. The standard InChI is InChI=1S/C22H28FN5OS/c1-17-4-2-3-9-28(17)20-14-21(25-16-24-20)30-15-22(29)27-12-10-26(11-13-27)19-7-5-18(23)6-8-19/h5-8,14,16-17H,2-4,9-13,15H2,1H3. The molecule has 3 heterocycles. The number of carbonyl (C=O) groups is 1. The van der Waals surface area contributed by atoms with E-state index in [1.54, 1.807) is 18.5 Å². The molecule has 2 saturated heterocycles. The van der Waals surface area contributed by atoms with Gasteiger partial charge in [-0.1, -0.05) is 11.8 Å². The van der Waals surface area contributed by atoms with Gasteiger partial charge in [0.25, 0.3) is 0 Å². The van der Waals surface area contributed by atoms with Gasteiger partial charge in [-0.3, -0.25) is 4.79 Å². The van der Waals surface area contributed by atoms with Gasteiger partial charge in [0.2, 0.25) is 5.91 Å². The maximum Gasteiger partial charge on any atom is 0.233 e. The van der Waals surface area contributed by atoms with Crippen molar-refractivity contribution in [1.82, 2.24) is 14.9 Å². The molecule has 0 saturated carbocycles. The van der Waals surface area contributed by atoms with Crippen LogP contribution in [-0.4, -0.2) is 65.3 Å². The molecule has 1 aromatic carbocycles. The van der Waals surface area contributed by atoms with Gasteiger partial charge in [0, 0.05) is 50.5 Å². The van der Waals surface area contributed by atoms with Gasteiger partial charge in [0.15, 0.2) is 0 Å². The summed E-state index contributed by atoms with van der Waals surface area (Å²) in [5.74, 6) is 1.24. The van der Waals surface area contributed by atoms with E-state index in [0.717, 1.165) is 36.2 Å². The number of rotatable bonds is 5. The van der Waals surface area contributed by atoms with Crippen molar-refractivity contribution in [1.29, 1.82) is 0 Å². The molecule has 1 unspecified atom stereocenters. The highest BCUT2D eigenvalue weighted by Crippen LogP contribution is 2.26. The Hall–Kier alpha value is -2.35. The molecular formula is C22H28FN5OS. The zero-order valence-electron chi connectivity index (χ0n) is 17.3. The minimum absolute atomic E-state index is 0.130. The number of aromatic nitrogens is 2. The lowest BCUT2D eigenvalue weighted by molar-refractivity contribution is -0.128. The molecule has 1 aromatic heterocycles. The van der Waals surface area contributed by atoms with Crippen molar-refractivity contribution in [2.75, 3.05) is 48.3 Å². The van der Waals surface area contributed by atoms with Gasteiger partial charge in [-0.15, -0.1) is 0 Å². The van der Waals surface area contributed by atoms with Gasteiger partial charge in [0.05, 0.1) is 5.75 Å². The zero-order valence-corrected chi connectivity index (χ0v) is 18.2. The highest BCUT2D eigenvalue weighted by molar-refractivity contribution is 7.99. The first-order chi connectivity index (χ1) is 14.6. The summed E-state index contributed by atoms with van der Waals surface area (Å²) in [4.78, 5) is 27.9. The normalized spacial score (nSPS) is 19.8. The van der Waals surface area contributed by atoms with E-state index in [1.165, 1.54) is 43.2 Å². The fourth-order valence-corrected chi connectivity index (χ4v) is 4.86. The summed E-state index contributed by atoms with van der Waals surface area (Å²) in [5, 5.41) is 0.844. The third-order valence-corrected chi connectivity index (χ3v) is 6.80. The van der Waals surface area contributed by atoms with Gasteiger partial charge >= 0.3 is 0 Å². The van der Waals surface area contributed by atoms with Crippen LogP contribution in [0.5, 0.6) is 0 Å². The number of anilines is 2. The molecule has 8 heteroatoms. The Morgan fingerprint density at radius 1 is 1.10 bits per heavy atom. The van der Waals surface area contributed by atoms with Crippen molar-refractivity contribution in [2.45, 2.75) is 37.3 Å². The van der Waals surface area contributed by atoms with Gasteiger partial charge in [-0.2, -0.15) is 0 Å². The van der Waals surface area contributed by atoms with E-state index >= 15 is 0 Å². The summed E-state index contributed by atoms with van der Waals surface area (Å²) in [6, 6.07) is 9.03. The molecule has 6 nitrogen and oxygen atoms in total. The molecular weight excluding hydrogens is 401 g/mol. The van der Waals surface area contributed by atoms with Crippen LogP contribution in [0, 0.1) is 5.82 Å². The van der Waals surface area contributed by atoms with Gasteiger partial charge in [-0.25, -0.2) is 14.4 Å². The number of halogens is 1. The second-order valence-electron chi connectivity index (χ2n) is 7.89. The minimum Gasteiger partial charge on any atom is -0.368 e. The van der Waals surface area contributed by atoms with Crippen LogP contribution in [0.2, 0.25) is 0 Å². The van der Waals surface area contributed by atoms with Crippen molar-refractivity contribution < 1.29 is 9.18 Å². The number of thioether (sulfide) groups is 1. The van der Waals surface area contributed by atoms with Crippen molar-refractivity contribution in [3.05, 3.63) is 42.5 Å². The Bertz CT molecular complexity index is 857. The summed E-state index contributed by atoms with van der Waals surface area (Å²) < 4.78 is 13.1. The summed E-state index contributed by atoms with van der Waals surface area (Å²) in [6.07, 6.45) is 5.26. The third-order valence-electron chi connectivity index (χ3n) is 5.89. The first-order valence-electron chi connectivity index (χ1n) is 10.6. The number of hydrogen-bond donors (Lipinski definition) is 0. The number of amides is 1. The van der Waals surface area contributed by atoms with E-state index in [9.17, 15) is 9.18 Å². The largest absolute Gasteiger partial charge is 0.368 e. The van der Waals surface area contributed by atoms with Crippen LogP contribution in [0.15, 0.2) is 41.7 Å². The number of piperazine rings is 1. The van der Waals surface area contributed by atoms with Crippen LogP contribution in [0.1, 0.15) is 26.2 Å². The van der Waals surface area contributed by atoms with Crippen molar-refractivity contribution >= 4 is 29.2 Å². The van der Waals surface area contributed by atoms with Gasteiger partial charge in [0.1, 0.15) is 23.0 Å². The second-order valence-corrected chi connectivity index (χ2v) is 8.88. The van der Waals surface area contributed by atoms with Gasteiger partial charge in [-0.05, 0) is 50.5 Å². The maximum absolute atomic E-state index is 13.1. The lowest BCUT2D eigenvalue weighted by Crippen LogP contribution is -2.49. The van der Waals surface area contributed by atoms with Crippen LogP contribution in [0.4, 0.5) is 15.9 Å². The smallest absolute Gasteiger partial charge is 0.233 e. The monoisotopic (exact) mass is 429 g/mol. The first kappa shape index (κ1) is 20.9. The van der Waals surface area contributed by atoms with E-state index in [-0.39, 0.29) is 11.7 Å². The van der Waals surface area contributed by atoms with Crippen molar-refractivity contribution in [3.8, 4) is 0 Å². The SMILES string of the molecule is CC1CCCCN1c1cc(SCC(=O)N2CCN(c3ccc(F)cc3)CC2)ncn1. The third kappa shape index (κ3) is 5.03. The molecule has 2 aromatic rings. The lowest BCUT2D eigenvalue weighted by Gasteiger charge is -2.36. The zero-order chi connectivity index (χ0) is 20.9. The quantitative estimate of drug-likeness (QED) is 0.536. The summed E-state index contributed by atoms with van der Waals surface area (Å²) in [6.45, 7) is 6.13. The van der Waals surface area contributed by atoms with Crippen molar-refractivity contribution in [3.63, 3.8) is 0 Å². The molecule has 1 atom stereocenters. The maximum atomic E-state index is 13.1. The van der Waals surface area contributed by atoms with E-state index in [0.29, 0.717) is 24.9 Å². The Kier molecular flexibility index (Phi) is 6.72. The highest BCUT2D eigenvalue weighted by Gasteiger charge is 2.23. The second kappa shape index (κ2) is 9.64. The van der Waals surface area contributed by atoms with E-state index in [1.807, 2.05) is 11.0 Å². The molecule has 0 spiro atoms. The van der Waals surface area contributed by atoms with Crippen LogP contribution >= 0.6 is 11.8 Å². The fraction of sp³-hybridized carbons (Fsp3) is 0.500. The molecule has 0 N–H and O–H groups in total. The fourth-order valence-electron chi connectivity index (χ4n) is 4.10. The van der Waals surface area contributed by atoms with Crippen LogP contribution in [-0.2, 0) is 4.79 Å². The topological polar surface area (TPSA) is 52.6 Å². The number of piperidine rings is 1. The average Bonchev–Trinajstić information content (AvgIpc) is 2.79. The Labute approximate surface area is 181 Å². The molecule has 1 amide bonds. The number of carbonyl (C=O) groups excluding carboxylic acids is 1. The van der Waals surface area contributed by atoms with E-state index in [4.69, 9.17) is 0 Å². The van der Waals surface area contributed by atoms with Crippen LogP contribution in [0.25, 0.3) is 0 Å². The molecule has 2 fully saturated rings. The van der Waals surface area contributed by atoms with E-state index < -0.39 is 0 Å². The molecule has 0 bridgehead atoms. The predicted octanol–water partition coefficient (Wildman–Crippen LogP) is 3.44. The van der Waals surface area contributed by atoms with E-state index in [2.05, 4.69) is 26.7 Å². The highest BCUT2D eigenvalue weighted by atomic mass is 32.2. The molecule has 2 aliphatic heterocycles. The summed E-state index contributed by atoms with van der Waals surface area (Å²) in [7, 11) is 0. The molecule has 0 radical (unpaired) electrons. The van der Waals surface area contributed by atoms with Crippen LogP contribution < -0.4 is 9.80 Å². The Balaban J connectivity index is 1.28. The minimum atomic E-state index is -0.229. The van der Waals surface area contributed by atoms with Crippen LogP contribution in [0.3, 0.4) is 0 Å². The molecule has 2 aliphatic rings. The molecule has 30 heavy (non-hydrogen) atoms. The first-order valence-corrected chi connectivity index (χ1v) is 11.6. The molecule has 160 valence electrons. The molecule has 0 aliphatic carbocycles. The Morgan fingerprint density at radius 2 is 1.87 bits per heavy atom. The number of nitrogens with zero attached hydrogens (tertiary/aromatic N) is 5. The van der Waals surface area contributed by atoms with Crippen molar-refractivity contribution in [2.24, 2.45) is 0 Å². The number of hydrogen-bond acceptors (Lipinski definition) is 6. The summed E-state index contributed by atoms with van der Waals surface area (Å²) >= 11 is 1.48. The lowest BCUT2D eigenvalue weighted by atomic mass is 10.0.